The first-order chi connectivity index (χ1) is 6.14. The molecule has 0 spiro atoms. The molecule has 0 saturated carbocycles. The molecule has 0 aliphatic heterocycles. The second kappa shape index (κ2) is 4.69. The third-order valence-corrected chi connectivity index (χ3v) is 3.61. The summed E-state index contributed by atoms with van der Waals surface area (Å²) in [5.41, 5.74) is 2.67. The van der Waals surface area contributed by atoms with Crippen LogP contribution in [0.4, 0.5) is 0 Å². The van der Waals surface area contributed by atoms with Crippen molar-refractivity contribution in [2.75, 3.05) is 12.3 Å². The maximum absolute atomic E-state index is 11.0. The fraction of sp³-hybridized carbons (Fsp3) is 0.571. The number of hydrogen-bond donors (Lipinski definition) is 1. The van der Waals surface area contributed by atoms with Gasteiger partial charge in [0.25, 0.3) is 0 Å². The number of sulfonamides is 1. The lowest BCUT2D eigenvalue weighted by Crippen LogP contribution is -2.27. The van der Waals surface area contributed by atoms with E-state index in [-0.39, 0.29) is 5.75 Å². The number of thiazole rings is 1. The van der Waals surface area contributed by atoms with Gasteiger partial charge in [-0.2, -0.15) is 0 Å². The molecule has 1 rings (SSSR count). The molecule has 1 aromatic rings. The molecule has 1 aromatic heterocycles. The van der Waals surface area contributed by atoms with Crippen LogP contribution in [0.1, 0.15) is 12.6 Å². The van der Waals surface area contributed by atoms with E-state index in [1.54, 1.807) is 12.4 Å². The van der Waals surface area contributed by atoms with E-state index < -0.39 is 10.0 Å². The fourth-order valence-corrected chi connectivity index (χ4v) is 2.01. The Morgan fingerprint density at radius 2 is 2.38 bits per heavy atom. The van der Waals surface area contributed by atoms with Crippen molar-refractivity contribution in [2.24, 2.45) is 0 Å². The molecule has 0 radical (unpaired) electrons. The largest absolute Gasteiger partial charge is 0.250 e. The Balaban J connectivity index is 2.30. The Morgan fingerprint density at radius 1 is 1.62 bits per heavy atom. The van der Waals surface area contributed by atoms with E-state index in [1.807, 2.05) is 5.38 Å². The second-order valence-corrected chi connectivity index (χ2v) is 5.34. The average molecular weight is 220 g/mol. The molecule has 13 heavy (non-hydrogen) atoms. The molecule has 0 saturated heterocycles. The first-order valence-electron chi connectivity index (χ1n) is 3.98. The van der Waals surface area contributed by atoms with Gasteiger partial charge in [-0.3, -0.25) is 0 Å². The van der Waals surface area contributed by atoms with Gasteiger partial charge in [-0.1, -0.05) is 0 Å². The molecule has 1 heterocycles. The summed E-state index contributed by atoms with van der Waals surface area (Å²) in [4.78, 5) is 4.05. The lowest BCUT2D eigenvalue weighted by Gasteiger charge is -2.01. The van der Waals surface area contributed by atoms with E-state index in [0.717, 1.165) is 5.69 Å². The summed E-state index contributed by atoms with van der Waals surface area (Å²) in [7, 11) is -3.05. The van der Waals surface area contributed by atoms with Crippen molar-refractivity contribution in [1.82, 2.24) is 9.71 Å². The summed E-state index contributed by atoms with van der Waals surface area (Å²) in [5.74, 6) is 0.129. The standard InChI is InChI=1S/C7H12N2O2S2/c1-2-13(10,11)9-4-3-7-5-12-6-8-7/h5-6,9H,2-4H2,1H3. The van der Waals surface area contributed by atoms with Crippen LogP contribution in [0.3, 0.4) is 0 Å². The minimum Gasteiger partial charge on any atom is -0.250 e. The zero-order valence-electron chi connectivity index (χ0n) is 7.36. The first kappa shape index (κ1) is 10.6. The van der Waals surface area contributed by atoms with Crippen LogP contribution in [0, 0.1) is 0 Å². The Bertz CT molecular complexity index is 331. The average Bonchev–Trinajstić information content (AvgIpc) is 2.57. The van der Waals surface area contributed by atoms with Gasteiger partial charge >= 0.3 is 0 Å². The maximum atomic E-state index is 11.0. The number of hydrogen-bond acceptors (Lipinski definition) is 4. The third kappa shape index (κ3) is 3.84. The summed E-state index contributed by atoms with van der Waals surface area (Å²) < 4.78 is 24.5. The minimum absolute atomic E-state index is 0.129. The molecule has 1 N–H and O–H groups in total. The van der Waals surface area contributed by atoms with Crippen molar-refractivity contribution >= 4 is 21.4 Å². The zero-order chi connectivity index (χ0) is 9.73. The molecule has 6 heteroatoms. The fourth-order valence-electron chi connectivity index (χ4n) is 0.798. The molecule has 0 aliphatic carbocycles. The van der Waals surface area contributed by atoms with Crippen LogP contribution in [0.2, 0.25) is 0 Å². The number of aromatic nitrogens is 1. The van der Waals surface area contributed by atoms with E-state index in [0.29, 0.717) is 13.0 Å². The van der Waals surface area contributed by atoms with Gasteiger partial charge in [0.15, 0.2) is 0 Å². The molecule has 0 atom stereocenters. The van der Waals surface area contributed by atoms with E-state index in [1.165, 1.54) is 11.3 Å². The Morgan fingerprint density at radius 3 is 2.92 bits per heavy atom. The van der Waals surface area contributed by atoms with Crippen LogP contribution in [0.5, 0.6) is 0 Å². The monoisotopic (exact) mass is 220 g/mol. The summed E-state index contributed by atoms with van der Waals surface area (Å²) in [6.07, 6.45) is 0.655. The van der Waals surface area contributed by atoms with Crippen molar-refractivity contribution in [1.29, 1.82) is 0 Å². The van der Waals surface area contributed by atoms with Crippen LogP contribution >= 0.6 is 11.3 Å². The molecule has 0 aliphatic rings. The van der Waals surface area contributed by atoms with Gasteiger partial charge in [0.1, 0.15) is 0 Å². The first-order valence-corrected chi connectivity index (χ1v) is 6.58. The molecule has 0 bridgehead atoms. The van der Waals surface area contributed by atoms with Gasteiger partial charge in [-0.25, -0.2) is 18.1 Å². The Kier molecular flexibility index (Phi) is 3.83. The predicted octanol–water partition coefficient (Wildman–Crippen LogP) is 0.625. The lowest BCUT2D eigenvalue weighted by molar-refractivity contribution is 0.582. The highest BCUT2D eigenvalue weighted by Gasteiger charge is 2.05. The van der Waals surface area contributed by atoms with Gasteiger partial charge in [0.05, 0.1) is 17.0 Å². The van der Waals surface area contributed by atoms with Crippen molar-refractivity contribution < 1.29 is 8.42 Å². The number of rotatable bonds is 5. The molecule has 0 amide bonds. The van der Waals surface area contributed by atoms with E-state index in [4.69, 9.17) is 0 Å². The van der Waals surface area contributed by atoms with Crippen LogP contribution < -0.4 is 4.72 Å². The topological polar surface area (TPSA) is 59.1 Å². The highest BCUT2D eigenvalue weighted by molar-refractivity contribution is 7.89. The normalized spacial score (nSPS) is 11.8. The van der Waals surface area contributed by atoms with E-state index >= 15 is 0 Å². The lowest BCUT2D eigenvalue weighted by atomic mass is 10.3. The van der Waals surface area contributed by atoms with E-state index in [9.17, 15) is 8.42 Å². The molecular formula is C7H12N2O2S2. The van der Waals surface area contributed by atoms with Gasteiger partial charge in [0, 0.05) is 18.3 Å². The number of nitrogens with zero attached hydrogens (tertiary/aromatic N) is 1. The molecule has 0 fully saturated rings. The quantitative estimate of drug-likeness (QED) is 0.791. The summed E-state index contributed by atoms with van der Waals surface area (Å²) in [6.45, 7) is 2.05. The minimum atomic E-state index is -3.05. The van der Waals surface area contributed by atoms with Gasteiger partial charge < -0.3 is 0 Å². The molecule has 4 nitrogen and oxygen atoms in total. The second-order valence-electron chi connectivity index (χ2n) is 2.53. The highest BCUT2D eigenvalue weighted by atomic mass is 32.2. The summed E-state index contributed by atoms with van der Waals surface area (Å²) >= 11 is 1.51. The SMILES string of the molecule is CCS(=O)(=O)NCCc1cscn1. The van der Waals surface area contributed by atoms with Gasteiger partial charge in [0.2, 0.25) is 10.0 Å². The van der Waals surface area contributed by atoms with Crippen LogP contribution in [0.25, 0.3) is 0 Å². The third-order valence-electron chi connectivity index (χ3n) is 1.57. The zero-order valence-corrected chi connectivity index (χ0v) is 8.99. The van der Waals surface area contributed by atoms with Crippen molar-refractivity contribution in [3.8, 4) is 0 Å². The Hall–Kier alpha value is -0.460. The highest BCUT2D eigenvalue weighted by Crippen LogP contribution is 2.00. The van der Waals surface area contributed by atoms with E-state index in [2.05, 4.69) is 9.71 Å². The predicted molar refractivity (Wildman–Crippen MR) is 53.3 cm³/mol. The smallest absolute Gasteiger partial charge is 0.211 e. The van der Waals surface area contributed by atoms with Crippen molar-refractivity contribution in [3.05, 3.63) is 16.6 Å². The molecule has 0 unspecified atom stereocenters. The maximum Gasteiger partial charge on any atom is 0.211 e. The number of nitrogens with one attached hydrogen (secondary N) is 1. The van der Waals surface area contributed by atoms with Gasteiger partial charge in [-0.05, 0) is 6.92 Å². The summed E-state index contributed by atoms with van der Waals surface area (Å²) in [6, 6.07) is 0. The van der Waals surface area contributed by atoms with Crippen molar-refractivity contribution in [3.63, 3.8) is 0 Å². The molecule has 0 aromatic carbocycles. The van der Waals surface area contributed by atoms with Crippen LogP contribution in [-0.4, -0.2) is 25.7 Å². The van der Waals surface area contributed by atoms with Crippen molar-refractivity contribution in [2.45, 2.75) is 13.3 Å². The molecular weight excluding hydrogens is 208 g/mol. The summed E-state index contributed by atoms with van der Waals surface area (Å²) in [5, 5.41) is 1.92. The molecule has 74 valence electrons. The van der Waals surface area contributed by atoms with Crippen LogP contribution in [0.15, 0.2) is 10.9 Å². The van der Waals surface area contributed by atoms with Gasteiger partial charge in [-0.15, -0.1) is 11.3 Å². The Labute approximate surface area is 82.1 Å². The van der Waals surface area contributed by atoms with Crippen LogP contribution in [-0.2, 0) is 16.4 Å².